The predicted octanol–water partition coefficient (Wildman–Crippen LogP) is 1.26. The molecule has 0 heterocycles. The fourth-order valence-electron chi connectivity index (χ4n) is 0.901. The third-order valence-corrected chi connectivity index (χ3v) is 1.43. The summed E-state index contributed by atoms with van der Waals surface area (Å²) in [6.07, 6.45) is -4.38. The summed E-state index contributed by atoms with van der Waals surface area (Å²) in [5.41, 5.74) is 9.37. The highest BCUT2D eigenvalue weighted by Gasteiger charge is 2.30. The highest BCUT2D eigenvalue weighted by atomic mass is 19.4. The molecule has 0 amide bonds. The minimum absolute atomic E-state index is 0.0832. The summed E-state index contributed by atoms with van der Waals surface area (Å²) < 4.78 is 36.6. The monoisotopic (exact) mass is 266 g/mol. The number of hydrogen-bond acceptors (Lipinski definition) is 3. The van der Waals surface area contributed by atoms with Gasteiger partial charge in [-0.2, -0.15) is 13.2 Å². The molecular weight excluding hydrogens is 257 g/mol. The first-order chi connectivity index (χ1) is 8.12. The van der Waals surface area contributed by atoms with Gasteiger partial charge >= 0.3 is 6.18 Å². The highest BCUT2D eigenvalue weighted by molar-refractivity contribution is 5.79. The summed E-state index contributed by atoms with van der Waals surface area (Å²) in [5.74, 6) is -0.274. The number of alkyl halides is 3. The molecule has 0 saturated carbocycles. The average Bonchev–Trinajstić information content (AvgIpc) is 2.14. The van der Waals surface area contributed by atoms with E-state index in [1.165, 1.54) is 12.1 Å². The molecule has 0 unspecified atom stereocenters. The Balaban J connectivity index is 0.000000631. The summed E-state index contributed by atoms with van der Waals surface area (Å²) in [6.45, 7) is 0. The molecule has 0 atom stereocenters. The van der Waals surface area contributed by atoms with Crippen molar-refractivity contribution >= 4 is 11.6 Å². The van der Waals surface area contributed by atoms with E-state index < -0.39 is 16.8 Å². The maximum atomic E-state index is 12.2. The quantitative estimate of drug-likeness (QED) is 0.305. The molecular formula is C8H9F3N4O3. The number of benzene rings is 1. The number of halogens is 3. The van der Waals surface area contributed by atoms with Gasteiger partial charge in [-0.1, -0.05) is 6.07 Å². The Hall–Kier alpha value is -2.52. The van der Waals surface area contributed by atoms with Crippen molar-refractivity contribution in [2.75, 3.05) is 0 Å². The maximum absolute atomic E-state index is 12.2. The van der Waals surface area contributed by atoms with Gasteiger partial charge in [-0.3, -0.25) is 0 Å². The van der Waals surface area contributed by atoms with Crippen LogP contribution in [0.3, 0.4) is 0 Å². The maximum Gasteiger partial charge on any atom is 0.416 e. The third-order valence-electron chi connectivity index (χ3n) is 1.43. The Bertz CT molecular complexity index is 439. The van der Waals surface area contributed by atoms with E-state index in [9.17, 15) is 13.2 Å². The Morgan fingerprint density at radius 2 is 1.89 bits per heavy atom. The van der Waals surface area contributed by atoms with Crippen molar-refractivity contribution in [3.63, 3.8) is 0 Å². The first-order valence-electron chi connectivity index (χ1n) is 4.23. The molecule has 0 bridgehead atoms. The molecule has 1 aromatic carbocycles. The van der Waals surface area contributed by atoms with E-state index >= 15 is 0 Å². The lowest BCUT2D eigenvalue weighted by Crippen LogP contribution is -2.21. The first kappa shape index (κ1) is 15.5. The topological polar surface area (TPSA) is 128 Å². The second-order valence-corrected chi connectivity index (χ2v) is 2.82. The standard InChI is InChI=1S/C8H8F3N3.HNO3/c9-8(10,11)5-2-1-3-6(4-5)14-7(12)13;2-1(3)4/h1-4H,(H4,12,13,14);(H,2,3,4). The number of aliphatic imine (C=N–C) groups is 1. The molecule has 7 nitrogen and oxygen atoms in total. The van der Waals surface area contributed by atoms with Crippen LogP contribution in [0.2, 0.25) is 0 Å². The molecule has 0 aromatic heterocycles. The van der Waals surface area contributed by atoms with Crippen LogP contribution < -0.4 is 11.5 Å². The molecule has 0 radical (unpaired) electrons. The van der Waals surface area contributed by atoms with E-state index in [1.54, 1.807) is 0 Å². The molecule has 0 fully saturated rings. The van der Waals surface area contributed by atoms with Gasteiger partial charge in [-0.05, 0) is 18.2 Å². The van der Waals surface area contributed by atoms with Crippen LogP contribution in [-0.2, 0) is 6.18 Å². The molecule has 5 N–H and O–H groups in total. The summed E-state index contributed by atoms with van der Waals surface area (Å²) >= 11 is 0. The lowest BCUT2D eigenvalue weighted by atomic mass is 10.2. The Morgan fingerprint density at radius 1 is 1.39 bits per heavy atom. The largest absolute Gasteiger partial charge is 0.416 e. The lowest BCUT2D eigenvalue weighted by Gasteiger charge is -2.06. The van der Waals surface area contributed by atoms with Crippen LogP contribution in [0.5, 0.6) is 0 Å². The second-order valence-electron chi connectivity index (χ2n) is 2.82. The Labute approximate surface area is 98.6 Å². The van der Waals surface area contributed by atoms with Crippen molar-refractivity contribution < 1.29 is 23.5 Å². The van der Waals surface area contributed by atoms with Crippen LogP contribution in [0.25, 0.3) is 0 Å². The van der Waals surface area contributed by atoms with Gasteiger partial charge < -0.3 is 16.7 Å². The lowest BCUT2D eigenvalue weighted by molar-refractivity contribution is -0.742. The summed E-state index contributed by atoms with van der Waals surface area (Å²) in [5, 5.41) is 13.6. The van der Waals surface area contributed by atoms with E-state index in [-0.39, 0.29) is 11.6 Å². The van der Waals surface area contributed by atoms with Crippen molar-refractivity contribution in [1.29, 1.82) is 0 Å². The van der Waals surface area contributed by atoms with Gasteiger partial charge in [0.25, 0.3) is 5.09 Å². The van der Waals surface area contributed by atoms with E-state index in [2.05, 4.69) is 4.99 Å². The normalized spacial score (nSPS) is 9.94. The van der Waals surface area contributed by atoms with Gasteiger partial charge in [0.1, 0.15) is 0 Å². The molecule has 1 aromatic rings. The molecule has 0 spiro atoms. The van der Waals surface area contributed by atoms with Crippen molar-refractivity contribution in [2.45, 2.75) is 6.18 Å². The van der Waals surface area contributed by atoms with Crippen LogP contribution in [0.15, 0.2) is 29.3 Å². The van der Waals surface area contributed by atoms with E-state index in [0.29, 0.717) is 0 Å². The molecule has 1 rings (SSSR count). The SMILES string of the molecule is NC(N)=Nc1cccc(C(F)(F)F)c1.O=[N+]([O-])O. The second kappa shape index (κ2) is 6.27. The zero-order chi connectivity index (χ0) is 14.3. The molecule has 0 aliphatic heterocycles. The van der Waals surface area contributed by atoms with Crippen LogP contribution in [0, 0.1) is 10.1 Å². The van der Waals surface area contributed by atoms with Crippen molar-refractivity contribution in [3.05, 3.63) is 39.9 Å². The van der Waals surface area contributed by atoms with Crippen LogP contribution in [0.4, 0.5) is 18.9 Å². The number of nitrogens with two attached hydrogens (primary N) is 2. The van der Waals surface area contributed by atoms with Crippen molar-refractivity contribution in [3.8, 4) is 0 Å². The molecule has 0 saturated heterocycles. The van der Waals surface area contributed by atoms with Crippen LogP contribution in [0.1, 0.15) is 5.56 Å². The minimum Gasteiger partial charge on any atom is -0.370 e. The van der Waals surface area contributed by atoms with E-state index in [4.69, 9.17) is 26.8 Å². The zero-order valence-electron chi connectivity index (χ0n) is 8.76. The van der Waals surface area contributed by atoms with E-state index in [0.717, 1.165) is 12.1 Å². The predicted molar refractivity (Wildman–Crippen MR) is 55.7 cm³/mol. The smallest absolute Gasteiger partial charge is 0.370 e. The summed E-state index contributed by atoms with van der Waals surface area (Å²) in [6, 6.07) is 4.45. The van der Waals surface area contributed by atoms with Crippen molar-refractivity contribution in [2.24, 2.45) is 16.5 Å². The van der Waals surface area contributed by atoms with Crippen molar-refractivity contribution in [1.82, 2.24) is 0 Å². The number of hydrogen-bond donors (Lipinski definition) is 3. The number of rotatable bonds is 1. The number of nitrogens with zero attached hydrogens (tertiary/aromatic N) is 2. The Morgan fingerprint density at radius 3 is 2.28 bits per heavy atom. The van der Waals surface area contributed by atoms with Gasteiger partial charge in [0.2, 0.25) is 0 Å². The van der Waals surface area contributed by atoms with Crippen LogP contribution in [-0.4, -0.2) is 16.3 Å². The van der Waals surface area contributed by atoms with Gasteiger partial charge in [0, 0.05) is 0 Å². The fourth-order valence-corrected chi connectivity index (χ4v) is 0.901. The minimum atomic E-state index is -4.38. The summed E-state index contributed by atoms with van der Waals surface area (Å²) in [7, 11) is 0. The zero-order valence-corrected chi connectivity index (χ0v) is 8.76. The molecule has 0 aliphatic carbocycles. The molecule has 10 heteroatoms. The van der Waals surface area contributed by atoms with Gasteiger partial charge in [0.15, 0.2) is 5.96 Å². The Kier molecular flexibility index (Phi) is 5.39. The molecule has 0 aliphatic rings. The molecule has 100 valence electrons. The number of guanidine groups is 1. The van der Waals surface area contributed by atoms with Gasteiger partial charge in [-0.25, -0.2) is 4.99 Å². The van der Waals surface area contributed by atoms with E-state index in [1.807, 2.05) is 0 Å². The fraction of sp³-hybridized carbons (Fsp3) is 0.125. The van der Waals surface area contributed by atoms with Gasteiger partial charge in [0.05, 0.1) is 11.3 Å². The van der Waals surface area contributed by atoms with Gasteiger partial charge in [-0.15, -0.1) is 10.1 Å². The molecule has 18 heavy (non-hydrogen) atoms. The average molecular weight is 266 g/mol. The first-order valence-corrected chi connectivity index (χ1v) is 4.23. The summed E-state index contributed by atoms with van der Waals surface area (Å²) in [4.78, 5) is 11.9. The highest BCUT2D eigenvalue weighted by Crippen LogP contribution is 2.31. The third kappa shape index (κ3) is 6.87. The van der Waals surface area contributed by atoms with Crippen LogP contribution >= 0.6 is 0 Å².